The zero-order valence-corrected chi connectivity index (χ0v) is 13.3. The van der Waals surface area contributed by atoms with E-state index in [0.29, 0.717) is 5.92 Å². The second-order valence-corrected chi connectivity index (χ2v) is 7.47. The Morgan fingerprint density at radius 2 is 2.38 bits per heavy atom. The van der Waals surface area contributed by atoms with Crippen molar-refractivity contribution < 1.29 is 0 Å². The van der Waals surface area contributed by atoms with E-state index in [4.69, 9.17) is 5.84 Å². The van der Waals surface area contributed by atoms with Gasteiger partial charge in [0.2, 0.25) is 0 Å². The monoisotopic (exact) mass is 318 g/mol. The van der Waals surface area contributed by atoms with Gasteiger partial charge in [0.1, 0.15) is 0 Å². The first-order chi connectivity index (χ1) is 10.3. The largest absolute Gasteiger partial charge is 0.297 e. The van der Waals surface area contributed by atoms with Crippen LogP contribution in [0.25, 0.3) is 4.96 Å². The molecule has 21 heavy (non-hydrogen) atoms. The Hall–Kier alpha value is -1.21. The normalized spacial score (nSPS) is 19.8. The summed E-state index contributed by atoms with van der Waals surface area (Å²) in [5.74, 6) is 6.37. The first kappa shape index (κ1) is 13.5. The van der Waals surface area contributed by atoms with Crippen molar-refractivity contribution in [1.29, 1.82) is 0 Å². The van der Waals surface area contributed by atoms with Crippen molar-refractivity contribution in [3.05, 3.63) is 45.4 Å². The first-order valence-electron chi connectivity index (χ1n) is 7.28. The van der Waals surface area contributed by atoms with Crippen LogP contribution in [0.15, 0.2) is 29.2 Å². The summed E-state index contributed by atoms with van der Waals surface area (Å²) in [4.78, 5) is 7.28. The highest BCUT2D eigenvalue weighted by Crippen LogP contribution is 2.37. The van der Waals surface area contributed by atoms with Gasteiger partial charge in [-0.25, -0.2) is 4.98 Å². The summed E-state index contributed by atoms with van der Waals surface area (Å²) in [7, 11) is 0. The number of imidazole rings is 1. The Balaban J connectivity index is 1.59. The fraction of sp³-hybridized carbons (Fsp3) is 0.400. The van der Waals surface area contributed by atoms with Crippen molar-refractivity contribution in [3.8, 4) is 0 Å². The Kier molecular flexibility index (Phi) is 3.54. The van der Waals surface area contributed by atoms with E-state index in [1.165, 1.54) is 29.7 Å². The fourth-order valence-electron chi connectivity index (χ4n) is 3.36. The predicted octanol–water partition coefficient (Wildman–Crippen LogP) is 2.95. The molecule has 1 aliphatic carbocycles. The molecule has 3 aromatic heterocycles. The van der Waals surface area contributed by atoms with E-state index < -0.39 is 0 Å². The smallest absolute Gasteiger partial charge is 0.193 e. The van der Waals surface area contributed by atoms with E-state index >= 15 is 0 Å². The minimum atomic E-state index is 0.253. The standard InChI is InChI=1S/C15H18N4S2/c16-18-13(8-10-9-19-5-7-21-15(19)17-10)11-2-1-3-14-12(11)4-6-20-14/h4-7,9,11,13,18H,1-3,8,16H2. The number of nitrogens with one attached hydrogen (secondary N) is 1. The average molecular weight is 318 g/mol. The van der Waals surface area contributed by atoms with Gasteiger partial charge in [-0.3, -0.25) is 15.7 Å². The van der Waals surface area contributed by atoms with Crippen LogP contribution in [0.1, 0.15) is 34.9 Å². The second kappa shape index (κ2) is 5.53. The van der Waals surface area contributed by atoms with Crippen LogP contribution in [0.4, 0.5) is 0 Å². The number of aryl methyl sites for hydroxylation is 1. The van der Waals surface area contributed by atoms with Gasteiger partial charge in [0.05, 0.1) is 5.69 Å². The minimum absolute atomic E-state index is 0.253. The molecule has 3 aromatic rings. The average Bonchev–Trinajstić information content (AvgIpc) is 3.19. The Morgan fingerprint density at radius 1 is 1.43 bits per heavy atom. The molecule has 0 amide bonds. The number of hydrogen-bond acceptors (Lipinski definition) is 5. The molecule has 0 bridgehead atoms. The van der Waals surface area contributed by atoms with E-state index in [0.717, 1.165) is 17.1 Å². The molecule has 3 N–H and O–H groups in total. The topological polar surface area (TPSA) is 55.3 Å². The van der Waals surface area contributed by atoms with Crippen molar-refractivity contribution in [2.75, 3.05) is 0 Å². The molecule has 4 nitrogen and oxygen atoms in total. The van der Waals surface area contributed by atoms with Gasteiger partial charge in [-0.1, -0.05) is 0 Å². The summed E-state index contributed by atoms with van der Waals surface area (Å²) in [6.45, 7) is 0. The molecule has 2 atom stereocenters. The van der Waals surface area contributed by atoms with Gasteiger partial charge >= 0.3 is 0 Å². The van der Waals surface area contributed by atoms with Gasteiger partial charge in [-0.2, -0.15) is 0 Å². The maximum Gasteiger partial charge on any atom is 0.193 e. The van der Waals surface area contributed by atoms with Crippen LogP contribution in [0.2, 0.25) is 0 Å². The summed E-state index contributed by atoms with van der Waals surface area (Å²) < 4.78 is 2.09. The highest BCUT2D eigenvalue weighted by molar-refractivity contribution is 7.15. The summed E-state index contributed by atoms with van der Waals surface area (Å²) in [5, 5.41) is 4.27. The summed E-state index contributed by atoms with van der Waals surface area (Å²) in [5.41, 5.74) is 5.66. The zero-order chi connectivity index (χ0) is 14.2. The molecular formula is C15H18N4S2. The van der Waals surface area contributed by atoms with Crippen LogP contribution in [0.3, 0.4) is 0 Å². The molecule has 6 heteroatoms. The number of hydrogen-bond donors (Lipinski definition) is 2. The molecule has 0 fully saturated rings. The lowest BCUT2D eigenvalue weighted by atomic mass is 9.81. The Bertz CT molecular complexity index is 713. The molecule has 0 aromatic carbocycles. The number of nitrogens with zero attached hydrogens (tertiary/aromatic N) is 2. The lowest BCUT2D eigenvalue weighted by Gasteiger charge is -2.29. The molecule has 0 saturated carbocycles. The van der Waals surface area contributed by atoms with E-state index in [2.05, 4.69) is 44.0 Å². The Labute approximate surface area is 131 Å². The number of thiophene rings is 1. The molecule has 1 aliphatic rings. The zero-order valence-electron chi connectivity index (χ0n) is 11.7. The summed E-state index contributed by atoms with van der Waals surface area (Å²) in [6.07, 6.45) is 8.74. The highest BCUT2D eigenvalue weighted by Gasteiger charge is 2.28. The first-order valence-corrected chi connectivity index (χ1v) is 9.04. The van der Waals surface area contributed by atoms with E-state index in [1.807, 2.05) is 11.3 Å². The molecule has 0 radical (unpaired) electrons. The van der Waals surface area contributed by atoms with Gasteiger partial charge in [-0.05, 0) is 36.3 Å². The van der Waals surface area contributed by atoms with Gasteiger partial charge in [0.15, 0.2) is 4.96 Å². The molecule has 0 aliphatic heterocycles. The van der Waals surface area contributed by atoms with Gasteiger partial charge in [-0.15, -0.1) is 22.7 Å². The van der Waals surface area contributed by atoms with Crippen molar-refractivity contribution in [3.63, 3.8) is 0 Å². The number of hydrazine groups is 1. The SMILES string of the molecule is NNC(Cc1cn2ccsc2n1)C1CCCc2sccc21. The van der Waals surface area contributed by atoms with Gasteiger partial charge < -0.3 is 0 Å². The van der Waals surface area contributed by atoms with Crippen molar-refractivity contribution >= 4 is 27.6 Å². The third kappa shape index (κ3) is 2.42. The number of rotatable bonds is 4. The van der Waals surface area contributed by atoms with Crippen molar-refractivity contribution in [1.82, 2.24) is 14.8 Å². The molecule has 3 heterocycles. The van der Waals surface area contributed by atoms with Crippen LogP contribution in [0.5, 0.6) is 0 Å². The fourth-order valence-corrected chi connectivity index (χ4v) is 5.07. The van der Waals surface area contributed by atoms with Crippen LogP contribution < -0.4 is 11.3 Å². The predicted molar refractivity (Wildman–Crippen MR) is 87.9 cm³/mol. The van der Waals surface area contributed by atoms with E-state index in [9.17, 15) is 0 Å². The minimum Gasteiger partial charge on any atom is -0.297 e. The van der Waals surface area contributed by atoms with Crippen LogP contribution in [-0.2, 0) is 12.8 Å². The lowest BCUT2D eigenvalue weighted by Crippen LogP contribution is -2.42. The highest BCUT2D eigenvalue weighted by atomic mass is 32.1. The third-order valence-electron chi connectivity index (χ3n) is 4.37. The molecular weight excluding hydrogens is 300 g/mol. The Morgan fingerprint density at radius 3 is 3.24 bits per heavy atom. The number of nitrogens with two attached hydrogens (primary N) is 1. The van der Waals surface area contributed by atoms with E-state index in [-0.39, 0.29) is 6.04 Å². The third-order valence-corrected chi connectivity index (χ3v) is 6.14. The lowest BCUT2D eigenvalue weighted by molar-refractivity contribution is 0.395. The maximum atomic E-state index is 5.87. The number of aromatic nitrogens is 2. The summed E-state index contributed by atoms with van der Waals surface area (Å²) in [6, 6.07) is 2.53. The molecule has 2 unspecified atom stereocenters. The number of fused-ring (bicyclic) bond motifs is 2. The molecule has 0 saturated heterocycles. The van der Waals surface area contributed by atoms with Gasteiger partial charge in [0.25, 0.3) is 0 Å². The van der Waals surface area contributed by atoms with Crippen molar-refractivity contribution in [2.45, 2.75) is 37.6 Å². The molecule has 110 valence electrons. The van der Waals surface area contributed by atoms with Gasteiger partial charge in [0, 0.05) is 41.0 Å². The molecule has 4 rings (SSSR count). The molecule has 0 spiro atoms. The van der Waals surface area contributed by atoms with Crippen LogP contribution >= 0.6 is 22.7 Å². The van der Waals surface area contributed by atoms with Crippen molar-refractivity contribution in [2.24, 2.45) is 5.84 Å². The van der Waals surface area contributed by atoms with Crippen LogP contribution in [0, 0.1) is 0 Å². The maximum absolute atomic E-state index is 5.87. The van der Waals surface area contributed by atoms with E-state index in [1.54, 1.807) is 11.3 Å². The second-order valence-electron chi connectivity index (χ2n) is 5.60. The number of thiazole rings is 1. The van der Waals surface area contributed by atoms with Crippen LogP contribution in [-0.4, -0.2) is 15.4 Å². The quantitative estimate of drug-likeness (QED) is 0.574. The summed E-state index contributed by atoms with van der Waals surface area (Å²) >= 11 is 3.55.